The van der Waals surface area contributed by atoms with Crippen molar-refractivity contribution in [2.45, 2.75) is 38.8 Å². The first-order chi connectivity index (χ1) is 15.9. The third-order valence-corrected chi connectivity index (χ3v) is 7.42. The molecule has 0 N–H and O–H groups in total. The Morgan fingerprint density at radius 2 is 2.06 bits per heavy atom. The molecular formula is C25H26FN3O4. The summed E-state index contributed by atoms with van der Waals surface area (Å²) in [6.45, 7) is 4.61. The molecule has 0 aliphatic carbocycles. The zero-order chi connectivity index (χ0) is 23.3. The van der Waals surface area contributed by atoms with Crippen molar-refractivity contribution in [2.24, 2.45) is 11.8 Å². The molecule has 2 aliphatic rings. The molecular weight excluding hydrogens is 425 g/mol. The zero-order valence-electron chi connectivity index (χ0n) is 18.9. The zero-order valence-corrected chi connectivity index (χ0v) is 18.9. The molecule has 1 saturated heterocycles. The SMILES string of the molecule is COc1ccc(C23Cn4cc(F)cc4C(=O)N2CCCC(C(=O)c2conc2C)C3C)cc1. The maximum Gasteiger partial charge on any atom is 0.271 e. The summed E-state index contributed by atoms with van der Waals surface area (Å²) >= 11 is 0. The fourth-order valence-electron chi connectivity index (χ4n) is 5.67. The van der Waals surface area contributed by atoms with Crippen LogP contribution in [0.1, 0.15) is 51.9 Å². The molecule has 0 radical (unpaired) electrons. The van der Waals surface area contributed by atoms with Crippen molar-refractivity contribution < 1.29 is 23.2 Å². The molecule has 1 aromatic carbocycles. The molecule has 1 amide bonds. The van der Waals surface area contributed by atoms with Gasteiger partial charge in [0.1, 0.15) is 23.5 Å². The predicted octanol–water partition coefficient (Wildman–Crippen LogP) is 4.21. The average Bonchev–Trinajstić information content (AvgIpc) is 3.37. The van der Waals surface area contributed by atoms with Crippen molar-refractivity contribution in [3.63, 3.8) is 0 Å². The van der Waals surface area contributed by atoms with Gasteiger partial charge in [-0.15, -0.1) is 0 Å². The number of carbonyl (C=O) groups excluding carboxylic acids is 2. The van der Waals surface area contributed by atoms with Gasteiger partial charge >= 0.3 is 0 Å². The number of aryl methyl sites for hydroxylation is 1. The van der Waals surface area contributed by atoms with E-state index in [4.69, 9.17) is 9.26 Å². The minimum atomic E-state index is -0.830. The van der Waals surface area contributed by atoms with Crippen molar-refractivity contribution in [1.82, 2.24) is 14.6 Å². The van der Waals surface area contributed by atoms with Crippen LogP contribution in [-0.4, -0.2) is 40.0 Å². The van der Waals surface area contributed by atoms with Crippen LogP contribution in [0.3, 0.4) is 0 Å². The number of carbonyl (C=O) groups is 2. The second-order valence-electron chi connectivity index (χ2n) is 9.00. The first-order valence-corrected chi connectivity index (χ1v) is 11.1. The number of hydrogen-bond donors (Lipinski definition) is 0. The highest BCUT2D eigenvalue weighted by molar-refractivity contribution is 5.99. The molecule has 33 heavy (non-hydrogen) atoms. The van der Waals surface area contributed by atoms with Crippen LogP contribution in [0.15, 0.2) is 47.3 Å². The molecule has 7 nitrogen and oxygen atoms in total. The average molecular weight is 451 g/mol. The van der Waals surface area contributed by atoms with Crippen molar-refractivity contribution in [3.8, 4) is 5.75 Å². The third kappa shape index (κ3) is 3.19. The number of amides is 1. The molecule has 0 spiro atoms. The van der Waals surface area contributed by atoms with Gasteiger partial charge in [-0.3, -0.25) is 9.59 Å². The number of rotatable bonds is 4. The molecule has 4 heterocycles. The first kappa shape index (κ1) is 21.4. The Hall–Kier alpha value is -3.42. The number of benzene rings is 1. The number of fused-ring (bicyclic) bond motifs is 2. The Kier molecular flexibility index (Phi) is 5.11. The van der Waals surface area contributed by atoms with Crippen LogP contribution >= 0.6 is 0 Å². The van der Waals surface area contributed by atoms with Gasteiger partial charge in [-0.1, -0.05) is 24.2 Å². The molecule has 5 rings (SSSR count). The fourth-order valence-corrected chi connectivity index (χ4v) is 5.67. The molecule has 3 unspecified atom stereocenters. The third-order valence-electron chi connectivity index (χ3n) is 7.42. The number of halogens is 1. The van der Waals surface area contributed by atoms with Gasteiger partial charge in [0.25, 0.3) is 5.91 Å². The normalized spacial score (nSPS) is 24.7. The summed E-state index contributed by atoms with van der Waals surface area (Å²) < 4.78 is 26.3. The lowest BCUT2D eigenvalue weighted by molar-refractivity contribution is 0.00155. The van der Waals surface area contributed by atoms with Gasteiger partial charge in [0.15, 0.2) is 5.78 Å². The molecule has 0 bridgehead atoms. The van der Waals surface area contributed by atoms with Gasteiger partial charge in [-0.05, 0) is 43.4 Å². The second-order valence-corrected chi connectivity index (χ2v) is 9.00. The summed E-state index contributed by atoms with van der Waals surface area (Å²) in [6.07, 6.45) is 4.07. The van der Waals surface area contributed by atoms with Crippen LogP contribution in [0.2, 0.25) is 0 Å². The summed E-state index contributed by atoms with van der Waals surface area (Å²) in [7, 11) is 1.60. The maximum absolute atomic E-state index is 14.2. The highest BCUT2D eigenvalue weighted by atomic mass is 19.1. The lowest BCUT2D eigenvalue weighted by Gasteiger charge is -2.51. The summed E-state index contributed by atoms with van der Waals surface area (Å²) in [5.41, 5.74) is 1.43. The number of Topliss-reactive ketones (excluding diaryl/α,β-unsaturated/α-hetero) is 1. The van der Waals surface area contributed by atoms with E-state index in [1.807, 2.05) is 36.1 Å². The van der Waals surface area contributed by atoms with Gasteiger partial charge in [-0.25, -0.2) is 4.39 Å². The quantitative estimate of drug-likeness (QED) is 0.556. The lowest BCUT2D eigenvalue weighted by atomic mass is 9.68. The van der Waals surface area contributed by atoms with E-state index in [9.17, 15) is 14.0 Å². The van der Waals surface area contributed by atoms with E-state index in [0.29, 0.717) is 48.6 Å². The standard InChI is InChI=1S/C25H26FN3O4/c1-15-20(23(30)21-13-33-27-16(21)2)5-4-10-29-24(31)22-11-18(26)12-28(22)14-25(15,29)17-6-8-19(32-3)9-7-17/h6-9,11-13,15,20H,4-5,10,14H2,1-3H3. The van der Waals surface area contributed by atoms with Crippen molar-refractivity contribution in [1.29, 1.82) is 0 Å². The highest BCUT2D eigenvalue weighted by Gasteiger charge is 2.54. The van der Waals surface area contributed by atoms with E-state index in [0.717, 1.165) is 5.56 Å². The minimum absolute atomic E-state index is 0.0343. The van der Waals surface area contributed by atoms with Crippen LogP contribution in [0, 0.1) is 24.6 Å². The Morgan fingerprint density at radius 1 is 1.30 bits per heavy atom. The van der Waals surface area contributed by atoms with E-state index >= 15 is 0 Å². The van der Waals surface area contributed by atoms with Gasteiger partial charge in [0.05, 0.1) is 30.5 Å². The number of aromatic nitrogens is 2. The van der Waals surface area contributed by atoms with Gasteiger partial charge in [0, 0.05) is 24.7 Å². The summed E-state index contributed by atoms with van der Waals surface area (Å²) in [5, 5.41) is 3.88. The van der Waals surface area contributed by atoms with E-state index in [2.05, 4.69) is 5.16 Å². The second kappa shape index (κ2) is 7.86. The van der Waals surface area contributed by atoms with Crippen LogP contribution in [-0.2, 0) is 12.1 Å². The van der Waals surface area contributed by atoms with E-state index in [-0.39, 0.29) is 23.5 Å². The van der Waals surface area contributed by atoms with E-state index in [1.54, 1.807) is 18.6 Å². The molecule has 3 atom stereocenters. The minimum Gasteiger partial charge on any atom is -0.497 e. The largest absolute Gasteiger partial charge is 0.497 e. The molecule has 1 fully saturated rings. The summed E-state index contributed by atoms with van der Waals surface area (Å²) in [6, 6.07) is 8.89. The van der Waals surface area contributed by atoms with E-state index in [1.165, 1.54) is 18.5 Å². The smallest absolute Gasteiger partial charge is 0.271 e. The first-order valence-electron chi connectivity index (χ1n) is 11.1. The summed E-state index contributed by atoms with van der Waals surface area (Å²) in [5.74, 6) is -0.607. The number of ketones is 1. The van der Waals surface area contributed by atoms with Gasteiger partial charge in [0.2, 0.25) is 0 Å². The van der Waals surface area contributed by atoms with Gasteiger partial charge in [-0.2, -0.15) is 0 Å². The highest BCUT2D eigenvalue weighted by Crippen LogP contribution is 2.49. The Bertz CT molecular complexity index is 1210. The Labute approximate surface area is 191 Å². The number of methoxy groups -OCH3 is 1. The molecule has 172 valence electrons. The topological polar surface area (TPSA) is 77.6 Å². The molecule has 2 aliphatic heterocycles. The van der Waals surface area contributed by atoms with E-state index < -0.39 is 11.4 Å². The summed E-state index contributed by atoms with van der Waals surface area (Å²) in [4.78, 5) is 29.1. The van der Waals surface area contributed by atoms with Crippen LogP contribution in [0.25, 0.3) is 0 Å². The van der Waals surface area contributed by atoms with Crippen molar-refractivity contribution in [2.75, 3.05) is 13.7 Å². The van der Waals surface area contributed by atoms with Crippen LogP contribution in [0.5, 0.6) is 5.75 Å². The fraction of sp³-hybridized carbons (Fsp3) is 0.400. The van der Waals surface area contributed by atoms with Crippen LogP contribution in [0.4, 0.5) is 4.39 Å². The Balaban J connectivity index is 1.68. The Morgan fingerprint density at radius 3 is 2.73 bits per heavy atom. The number of hydrogen-bond acceptors (Lipinski definition) is 5. The molecule has 3 aromatic rings. The monoisotopic (exact) mass is 451 g/mol. The molecule has 8 heteroatoms. The van der Waals surface area contributed by atoms with Crippen molar-refractivity contribution >= 4 is 11.7 Å². The number of nitrogens with zero attached hydrogens (tertiary/aromatic N) is 3. The van der Waals surface area contributed by atoms with Crippen molar-refractivity contribution in [3.05, 3.63) is 71.1 Å². The predicted molar refractivity (Wildman–Crippen MR) is 118 cm³/mol. The van der Waals surface area contributed by atoms with Crippen LogP contribution < -0.4 is 4.74 Å². The molecule has 0 saturated carbocycles. The lowest BCUT2D eigenvalue weighted by Crippen LogP contribution is -2.60. The maximum atomic E-state index is 14.2. The molecule has 2 aromatic heterocycles. The van der Waals surface area contributed by atoms with Gasteiger partial charge < -0.3 is 18.7 Å². The number of ether oxygens (including phenoxy) is 1.